The lowest BCUT2D eigenvalue weighted by molar-refractivity contribution is 0.0904. The molecule has 0 spiro atoms. The van der Waals surface area contributed by atoms with Gasteiger partial charge in [0, 0.05) is 17.5 Å². The topological polar surface area (TPSA) is 68.5 Å². The van der Waals surface area contributed by atoms with E-state index in [1.165, 1.54) is 6.26 Å². The molecule has 0 saturated carbocycles. The van der Waals surface area contributed by atoms with Crippen molar-refractivity contribution in [1.82, 2.24) is 5.32 Å². The second-order valence-electron chi connectivity index (χ2n) is 7.01. The number of amides is 1. The quantitative estimate of drug-likeness (QED) is 0.679. The van der Waals surface area contributed by atoms with Gasteiger partial charge in [0.1, 0.15) is 11.9 Å². The van der Waals surface area contributed by atoms with E-state index >= 15 is 0 Å². The van der Waals surface area contributed by atoms with Crippen molar-refractivity contribution in [2.24, 2.45) is 0 Å². The van der Waals surface area contributed by atoms with Crippen LogP contribution in [-0.4, -0.2) is 24.3 Å². The van der Waals surface area contributed by atoms with Crippen LogP contribution in [0, 0.1) is 6.92 Å². The monoisotopic (exact) mass is 375 g/mol. The number of rotatable bonds is 5. The summed E-state index contributed by atoms with van der Waals surface area (Å²) in [7, 11) is 0. The number of hydrogen-bond acceptors (Lipinski definition) is 4. The minimum Gasteiger partial charge on any atom is -0.488 e. The summed E-state index contributed by atoms with van der Waals surface area (Å²) in [6, 6.07) is 15.3. The Morgan fingerprint density at radius 1 is 1.14 bits per heavy atom. The Labute approximate surface area is 163 Å². The van der Waals surface area contributed by atoms with E-state index in [9.17, 15) is 9.59 Å². The lowest BCUT2D eigenvalue weighted by Crippen LogP contribution is -2.34. The highest BCUT2D eigenvalue weighted by Crippen LogP contribution is 2.34. The van der Waals surface area contributed by atoms with E-state index < -0.39 is 0 Å². The Morgan fingerprint density at radius 2 is 1.96 bits per heavy atom. The third kappa shape index (κ3) is 3.43. The van der Waals surface area contributed by atoms with Crippen LogP contribution in [0.15, 0.2) is 59.2 Å². The number of carbonyl (C=O) groups excluding carboxylic acids is 2. The highest BCUT2D eigenvalue weighted by molar-refractivity contribution is 6.00. The molecule has 0 fully saturated rings. The zero-order valence-corrected chi connectivity index (χ0v) is 15.8. The van der Waals surface area contributed by atoms with Crippen molar-refractivity contribution in [2.75, 3.05) is 6.54 Å². The number of ketones is 1. The number of hydrogen-bond donors (Lipinski definition) is 1. The van der Waals surface area contributed by atoms with Crippen LogP contribution in [0.4, 0.5) is 0 Å². The van der Waals surface area contributed by atoms with Crippen molar-refractivity contribution >= 4 is 11.7 Å². The van der Waals surface area contributed by atoms with Crippen LogP contribution in [0.1, 0.15) is 39.0 Å². The molecule has 2 heterocycles. The first kappa shape index (κ1) is 18.0. The van der Waals surface area contributed by atoms with Gasteiger partial charge >= 0.3 is 0 Å². The fraction of sp³-hybridized carbons (Fsp3) is 0.217. The Hall–Kier alpha value is -3.34. The average molecular weight is 375 g/mol. The van der Waals surface area contributed by atoms with E-state index in [1.54, 1.807) is 13.0 Å². The van der Waals surface area contributed by atoms with Gasteiger partial charge in [0.2, 0.25) is 0 Å². The average Bonchev–Trinajstić information content (AvgIpc) is 3.31. The Morgan fingerprint density at radius 3 is 2.71 bits per heavy atom. The summed E-state index contributed by atoms with van der Waals surface area (Å²) >= 11 is 0. The zero-order chi connectivity index (χ0) is 19.7. The second-order valence-corrected chi connectivity index (χ2v) is 7.01. The van der Waals surface area contributed by atoms with Crippen LogP contribution in [0.2, 0.25) is 0 Å². The fourth-order valence-electron chi connectivity index (χ4n) is 3.54. The molecule has 1 aliphatic rings. The third-order valence-corrected chi connectivity index (χ3v) is 4.98. The standard InChI is InChI=1S/C23H21NO4/c1-14-9-10-27-22(14)23(26)24-13-18-12-17-11-16(7-8-21(17)28-18)20-6-4-3-5-19(20)15(2)25/h3-11,18H,12-13H2,1-2H3,(H,24,26). The van der Waals surface area contributed by atoms with Gasteiger partial charge in [-0.2, -0.15) is 0 Å². The van der Waals surface area contributed by atoms with Gasteiger partial charge in [0.25, 0.3) is 5.91 Å². The van der Waals surface area contributed by atoms with E-state index in [1.807, 2.05) is 43.3 Å². The molecule has 1 unspecified atom stereocenters. The van der Waals surface area contributed by atoms with E-state index in [4.69, 9.17) is 9.15 Å². The van der Waals surface area contributed by atoms with Crippen LogP contribution in [0.3, 0.4) is 0 Å². The Balaban J connectivity index is 1.47. The summed E-state index contributed by atoms with van der Waals surface area (Å²) in [5.41, 5.74) is 4.50. The molecule has 1 N–H and O–H groups in total. The van der Waals surface area contributed by atoms with Gasteiger partial charge in [-0.1, -0.05) is 30.3 Å². The minimum absolute atomic E-state index is 0.0427. The number of ether oxygens (including phenoxy) is 1. The minimum atomic E-state index is -0.238. The highest BCUT2D eigenvalue weighted by atomic mass is 16.5. The van der Waals surface area contributed by atoms with Crippen molar-refractivity contribution in [3.05, 3.63) is 77.2 Å². The smallest absolute Gasteiger partial charge is 0.287 e. The molecular weight excluding hydrogens is 354 g/mol. The molecule has 1 amide bonds. The third-order valence-electron chi connectivity index (χ3n) is 4.98. The number of aryl methyl sites for hydroxylation is 1. The molecule has 5 heteroatoms. The van der Waals surface area contributed by atoms with Gasteiger partial charge in [-0.15, -0.1) is 0 Å². The summed E-state index contributed by atoms with van der Waals surface area (Å²) < 4.78 is 11.2. The Kier molecular flexibility index (Phi) is 4.74. The number of carbonyl (C=O) groups is 2. The maximum Gasteiger partial charge on any atom is 0.287 e. The number of furan rings is 1. The summed E-state index contributed by atoms with van der Waals surface area (Å²) in [6.45, 7) is 3.81. The summed E-state index contributed by atoms with van der Waals surface area (Å²) in [5, 5.41) is 2.87. The Bertz CT molecular complexity index is 1050. The van der Waals surface area contributed by atoms with Crippen LogP contribution in [0.25, 0.3) is 11.1 Å². The molecular formula is C23H21NO4. The molecule has 4 rings (SSSR count). The first-order valence-corrected chi connectivity index (χ1v) is 9.25. The number of nitrogens with one attached hydrogen (secondary N) is 1. The predicted molar refractivity (Wildman–Crippen MR) is 106 cm³/mol. The van der Waals surface area contributed by atoms with Crippen molar-refractivity contribution < 1.29 is 18.7 Å². The molecule has 0 saturated heterocycles. The molecule has 1 aromatic heterocycles. The van der Waals surface area contributed by atoms with Crippen LogP contribution < -0.4 is 10.1 Å². The van der Waals surface area contributed by atoms with Gasteiger partial charge in [-0.05, 0) is 48.7 Å². The molecule has 28 heavy (non-hydrogen) atoms. The SMILES string of the molecule is CC(=O)c1ccccc1-c1ccc2c(c1)CC(CNC(=O)c1occc1C)O2. The molecule has 0 radical (unpaired) electrons. The largest absolute Gasteiger partial charge is 0.488 e. The van der Waals surface area contributed by atoms with E-state index in [0.717, 1.165) is 28.0 Å². The maximum atomic E-state index is 12.2. The molecule has 0 bridgehead atoms. The molecule has 5 nitrogen and oxygen atoms in total. The van der Waals surface area contributed by atoms with Gasteiger partial charge < -0.3 is 14.5 Å². The zero-order valence-electron chi connectivity index (χ0n) is 15.8. The molecule has 1 atom stereocenters. The number of benzene rings is 2. The van der Waals surface area contributed by atoms with Crippen LogP contribution >= 0.6 is 0 Å². The first-order chi connectivity index (χ1) is 13.5. The van der Waals surface area contributed by atoms with Gasteiger partial charge in [0.05, 0.1) is 12.8 Å². The summed E-state index contributed by atoms with van der Waals surface area (Å²) in [5.74, 6) is 0.954. The van der Waals surface area contributed by atoms with Crippen molar-refractivity contribution in [2.45, 2.75) is 26.4 Å². The predicted octanol–water partition coefficient (Wildman–Crippen LogP) is 4.19. The molecule has 2 aromatic carbocycles. The summed E-state index contributed by atoms with van der Waals surface area (Å²) in [6.07, 6.45) is 2.07. The normalized spacial score (nSPS) is 15.0. The molecule has 0 aliphatic carbocycles. The number of Topliss-reactive ketones (excluding diaryl/α,β-unsaturated/α-hetero) is 1. The number of fused-ring (bicyclic) bond motifs is 1. The molecule has 1 aliphatic heterocycles. The highest BCUT2D eigenvalue weighted by Gasteiger charge is 2.25. The van der Waals surface area contributed by atoms with Crippen molar-refractivity contribution in [3.8, 4) is 16.9 Å². The van der Waals surface area contributed by atoms with Gasteiger partial charge in [-0.25, -0.2) is 0 Å². The maximum absolute atomic E-state index is 12.2. The molecule has 3 aromatic rings. The van der Waals surface area contributed by atoms with E-state index in [2.05, 4.69) is 11.4 Å². The fourth-order valence-corrected chi connectivity index (χ4v) is 3.54. The van der Waals surface area contributed by atoms with Crippen LogP contribution in [-0.2, 0) is 6.42 Å². The van der Waals surface area contributed by atoms with Gasteiger partial charge in [0.15, 0.2) is 11.5 Å². The van der Waals surface area contributed by atoms with Gasteiger partial charge in [-0.3, -0.25) is 9.59 Å². The summed E-state index contributed by atoms with van der Waals surface area (Å²) in [4.78, 5) is 24.1. The lowest BCUT2D eigenvalue weighted by Gasteiger charge is -2.11. The lowest BCUT2D eigenvalue weighted by atomic mass is 9.95. The van der Waals surface area contributed by atoms with Crippen LogP contribution in [0.5, 0.6) is 5.75 Å². The van der Waals surface area contributed by atoms with Crippen molar-refractivity contribution in [3.63, 3.8) is 0 Å². The second kappa shape index (κ2) is 7.35. The van der Waals surface area contributed by atoms with E-state index in [0.29, 0.717) is 24.3 Å². The van der Waals surface area contributed by atoms with E-state index in [-0.39, 0.29) is 17.8 Å². The molecule has 142 valence electrons. The van der Waals surface area contributed by atoms with Crippen molar-refractivity contribution in [1.29, 1.82) is 0 Å². The first-order valence-electron chi connectivity index (χ1n) is 9.25.